The second kappa shape index (κ2) is 8.98. The van der Waals surface area contributed by atoms with Crippen LogP contribution in [0.5, 0.6) is 0 Å². The van der Waals surface area contributed by atoms with Crippen molar-refractivity contribution >= 4 is 0 Å². The smallest absolute Gasteiger partial charge is 0.163 e. The standard InChI is InChI=1S/C21H34O3/c1-16(2)19(22-15-18-10-7-6-8-11-18)12-9-13-20-17(3)14-23-21(4,5)24-20/h6-8,10-11,16-17,19-20H,9,12-15H2,1-5H3/t17-,19-,20+/m0/s1. The third-order valence-corrected chi connectivity index (χ3v) is 4.79. The van der Waals surface area contributed by atoms with Gasteiger partial charge in [0.25, 0.3) is 0 Å². The zero-order valence-corrected chi connectivity index (χ0v) is 16.0. The minimum absolute atomic E-state index is 0.288. The molecule has 1 aliphatic rings. The first-order valence-electron chi connectivity index (χ1n) is 9.34. The van der Waals surface area contributed by atoms with Crippen molar-refractivity contribution in [3.63, 3.8) is 0 Å². The van der Waals surface area contributed by atoms with Crippen molar-refractivity contribution in [3.8, 4) is 0 Å². The Morgan fingerprint density at radius 1 is 1.21 bits per heavy atom. The first-order valence-corrected chi connectivity index (χ1v) is 9.34. The Kier molecular flexibility index (Phi) is 7.27. The van der Waals surface area contributed by atoms with Crippen LogP contribution in [0.1, 0.15) is 59.4 Å². The molecule has 3 atom stereocenters. The van der Waals surface area contributed by atoms with E-state index in [2.05, 4.69) is 45.0 Å². The van der Waals surface area contributed by atoms with E-state index in [1.54, 1.807) is 0 Å². The summed E-state index contributed by atoms with van der Waals surface area (Å²) in [7, 11) is 0. The van der Waals surface area contributed by atoms with E-state index in [9.17, 15) is 0 Å². The summed E-state index contributed by atoms with van der Waals surface area (Å²) in [6.07, 6.45) is 3.87. The van der Waals surface area contributed by atoms with Gasteiger partial charge in [-0.1, -0.05) is 51.1 Å². The SMILES string of the molecule is CC(C)[C@H](CCC[C@H]1OC(C)(C)OC[C@@H]1C)OCc1ccccc1. The van der Waals surface area contributed by atoms with Crippen LogP contribution in [-0.2, 0) is 20.8 Å². The van der Waals surface area contributed by atoms with Crippen molar-refractivity contribution in [3.05, 3.63) is 35.9 Å². The lowest BCUT2D eigenvalue weighted by atomic mass is 9.95. The van der Waals surface area contributed by atoms with Crippen LogP contribution in [0.15, 0.2) is 30.3 Å². The lowest BCUT2D eigenvalue weighted by Gasteiger charge is -2.40. The quantitative estimate of drug-likeness (QED) is 0.655. The predicted octanol–water partition coefficient (Wildman–Crippen LogP) is 5.19. The minimum Gasteiger partial charge on any atom is -0.373 e. The topological polar surface area (TPSA) is 27.7 Å². The average molecular weight is 334 g/mol. The van der Waals surface area contributed by atoms with Gasteiger partial charge < -0.3 is 14.2 Å². The molecule has 3 heteroatoms. The van der Waals surface area contributed by atoms with Gasteiger partial charge in [-0.25, -0.2) is 0 Å². The van der Waals surface area contributed by atoms with Crippen LogP contribution < -0.4 is 0 Å². The fraction of sp³-hybridized carbons (Fsp3) is 0.714. The Balaban J connectivity index is 1.77. The Hall–Kier alpha value is -0.900. The maximum atomic E-state index is 6.18. The molecule has 1 heterocycles. The van der Waals surface area contributed by atoms with Gasteiger partial charge in [0.2, 0.25) is 0 Å². The van der Waals surface area contributed by atoms with E-state index in [0.29, 0.717) is 24.5 Å². The van der Waals surface area contributed by atoms with E-state index in [-0.39, 0.29) is 6.10 Å². The zero-order valence-electron chi connectivity index (χ0n) is 16.0. The fourth-order valence-electron chi connectivity index (χ4n) is 3.20. The average Bonchev–Trinajstić information content (AvgIpc) is 2.54. The molecule has 1 aliphatic heterocycles. The van der Waals surface area contributed by atoms with E-state index >= 15 is 0 Å². The molecule has 0 unspecified atom stereocenters. The van der Waals surface area contributed by atoms with Crippen LogP contribution in [0, 0.1) is 11.8 Å². The molecule has 1 aromatic rings. The second-order valence-corrected chi connectivity index (χ2v) is 7.85. The highest BCUT2D eigenvalue weighted by Gasteiger charge is 2.33. The molecule has 0 amide bonds. The van der Waals surface area contributed by atoms with Crippen molar-refractivity contribution in [2.75, 3.05) is 6.61 Å². The van der Waals surface area contributed by atoms with Crippen molar-refractivity contribution < 1.29 is 14.2 Å². The number of hydrogen-bond donors (Lipinski definition) is 0. The number of hydrogen-bond acceptors (Lipinski definition) is 3. The number of rotatable bonds is 8. The molecule has 136 valence electrons. The van der Waals surface area contributed by atoms with E-state index < -0.39 is 5.79 Å². The normalized spacial score (nSPS) is 24.9. The Morgan fingerprint density at radius 2 is 1.92 bits per heavy atom. The summed E-state index contributed by atoms with van der Waals surface area (Å²) in [6.45, 7) is 12.2. The van der Waals surface area contributed by atoms with Crippen LogP contribution in [0.25, 0.3) is 0 Å². The van der Waals surface area contributed by atoms with Crippen LogP contribution in [0.2, 0.25) is 0 Å². The number of benzene rings is 1. The van der Waals surface area contributed by atoms with Crippen molar-refractivity contribution in [2.45, 2.75) is 78.5 Å². The van der Waals surface area contributed by atoms with Gasteiger partial charge in [-0.15, -0.1) is 0 Å². The lowest BCUT2D eigenvalue weighted by Crippen LogP contribution is -2.44. The first kappa shape index (κ1) is 19.4. The molecule has 0 aromatic heterocycles. The van der Waals surface area contributed by atoms with Crippen molar-refractivity contribution in [2.24, 2.45) is 11.8 Å². The summed E-state index contributed by atoms with van der Waals surface area (Å²) < 4.78 is 18.0. The summed E-state index contributed by atoms with van der Waals surface area (Å²) in [6, 6.07) is 10.4. The lowest BCUT2D eigenvalue weighted by molar-refractivity contribution is -0.291. The van der Waals surface area contributed by atoms with E-state index in [1.807, 2.05) is 19.9 Å². The second-order valence-electron chi connectivity index (χ2n) is 7.85. The molecule has 0 spiro atoms. The van der Waals surface area contributed by atoms with Crippen LogP contribution >= 0.6 is 0 Å². The molecule has 2 rings (SSSR count). The largest absolute Gasteiger partial charge is 0.373 e. The molecule has 0 bridgehead atoms. The summed E-state index contributed by atoms with van der Waals surface area (Å²) >= 11 is 0. The highest BCUT2D eigenvalue weighted by atomic mass is 16.7. The van der Waals surface area contributed by atoms with Crippen LogP contribution in [0.4, 0.5) is 0 Å². The monoisotopic (exact) mass is 334 g/mol. The van der Waals surface area contributed by atoms with Gasteiger partial charge in [0.05, 0.1) is 25.4 Å². The van der Waals surface area contributed by atoms with Gasteiger partial charge in [0.1, 0.15) is 0 Å². The van der Waals surface area contributed by atoms with E-state index in [4.69, 9.17) is 14.2 Å². The van der Waals surface area contributed by atoms with E-state index in [1.165, 1.54) is 5.56 Å². The molecule has 0 radical (unpaired) electrons. The maximum absolute atomic E-state index is 6.18. The van der Waals surface area contributed by atoms with Crippen LogP contribution in [0.3, 0.4) is 0 Å². The third-order valence-electron chi connectivity index (χ3n) is 4.79. The fourth-order valence-corrected chi connectivity index (χ4v) is 3.20. The molecule has 24 heavy (non-hydrogen) atoms. The Morgan fingerprint density at radius 3 is 2.58 bits per heavy atom. The Bertz CT molecular complexity index is 469. The summed E-state index contributed by atoms with van der Waals surface area (Å²) in [5, 5.41) is 0. The number of ether oxygens (including phenoxy) is 3. The molecule has 0 aliphatic carbocycles. The van der Waals surface area contributed by atoms with Crippen molar-refractivity contribution in [1.82, 2.24) is 0 Å². The highest BCUT2D eigenvalue weighted by molar-refractivity contribution is 5.13. The summed E-state index contributed by atoms with van der Waals surface area (Å²) in [5.41, 5.74) is 1.24. The third kappa shape index (κ3) is 6.19. The molecular formula is C21H34O3. The molecule has 1 fully saturated rings. The van der Waals surface area contributed by atoms with Gasteiger partial charge in [-0.05, 0) is 44.6 Å². The molecule has 3 nitrogen and oxygen atoms in total. The van der Waals surface area contributed by atoms with Gasteiger partial charge in [0, 0.05) is 5.92 Å². The van der Waals surface area contributed by atoms with Gasteiger partial charge >= 0.3 is 0 Å². The molecule has 1 saturated heterocycles. The predicted molar refractivity (Wildman–Crippen MR) is 97.8 cm³/mol. The summed E-state index contributed by atoms with van der Waals surface area (Å²) in [4.78, 5) is 0. The Labute approximate surface area is 147 Å². The zero-order chi connectivity index (χ0) is 17.6. The molecule has 1 aromatic carbocycles. The van der Waals surface area contributed by atoms with Gasteiger partial charge in [-0.2, -0.15) is 0 Å². The molecule has 0 saturated carbocycles. The van der Waals surface area contributed by atoms with Gasteiger partial charge in [0.15, 0.2) is 5.79 Å². The first-order chi connectivity index (χ1) is 11.4. The van der Waals surface area contributed by atoms with Crippen molar-refractivity contribution in [1.29, 1.82) is 0 Å². The molecule has 0 N–H and O–H groups in total. The maximum Gasteiger partial charge on any atom is 0.163 e. The van der Waals surface area contributed by atoms with Crippen LogP contribution in [-0.4, -0.2) is 24.6 Å². The minimum atomic E-state index is -0.446. The van der Waals surface area contributed by atoms with E-state index in [0.717, 1.165) is 25.9 Å². The highest BCUT2D eigenvalue weighted by Crippen LogP contribution is 2.29. The van der Waals surface area contributed by atoms with Gasteiger partial charge in [-0.3, -0.25) is 0 Å². The summed E-state index contributed by atoms with van der Waals surface area (Å²) in [5.74, 6) is 0.539. The molecular weight excluding hydrogens is 300 g/mol.